The van der Waals surface area contributed by atoms with Gasteiger partial charge in [-0.3, -0.25) is 0 Å². The number of nitrogens with one attached hydrogen (secondary N) is 1. The third-order valence-corrected chi connectivity index (χ3v) is 3.46. The van der Waals surface area contributed by atoms with Gasteiger partial charge < -0.3 is 15.0 Å². The average Bonchev–Trinajstić information content (AvgIpc) is 2.46. The lowest BCUT2D eigenvalue weighted by Crippen LogP contribution is -2.33. The van der Waals surface area contributed by atoms with Crippen LogP contribution in [-0.2, 0) is 4.74 Å². The number of methoxy groups -OCH3 is 1. The number of nitrogens with zero attached hydrogens (tertiary/aromatic N) is 3. The van der Waals surface area contributed by atoms with E-state index in [0.29, 0.717) is 11.7 Å². The van der Waals surface area contributed by atoms with Crippen molar-refractivity contribution in [1.82, 2.24) is 14.9 Å². The quantitative estimate of drug-likeness (QED) is 0.819. The maximum Gasteiger partial charge on any atom is 0.358 e. The molecule has 0 aromatic carbocycles. The van der Waals surface area contributed by atoms with Crippen LogP contribution in [0, 0.1) is 5.92 Å². The molecule has 1 aliphatic rings. The zero-order chi connectivity index (χ0) is 13.7. The number of esters is 1. The molecular weight excluding hydrogens is 244 g/mol. The highest BCUT2D eigenvalue weighted by Crippen LogP contribution is 2.16. The Hall–Kier alpha value is -1.69. The fourth-order valence-corrected chi connectivity index (χ4v) is 2.14. The summed E-state index contributed by atoms with van der Waals surface area (Å²) >= 11 is 0. The molecule has 2 rings (SSSR count). The summed E-state index contributed by atoms with van der Waals surface area (Å²) in [6.07, 6.45) is 5.42. The topological polar surface area (TPSA) is 67.3 Å². The van der Waals surface area contributed by atoms with E-state index in [1.165, 1.54) is 26.1 Å². The van der Waals surface area contributed by atoms with Crippen molar-refractivity contribution in [3.63, 3.8) is 0 Å². The van der Waals surface area contributed by atoms with Crippen LogP contribution in [0.5, 0.6) is 0 Å². The molecule has 0 spiro atoms. The van der Waals surface area contributed by atoms with E-state index < -0.39 is 5.97 Å². The zero-order valence-electron chi connectivity index (χ0n) is 11.4. The van der Waals surface area contributed by atoms with Crippen molar-refractivity contribution in [2.75, 3.05) is 39.1 Å². The third-order valence-electron chi connectivity index (χ3n) is 3.46. The van der Waals surface area contributed by atoms with E-state index in [1.807, 2.05) is 0 Å². The second-order valence-electron chi connectivity index (χ2n) is 4.91. The molecule has 1 saturated heterocycles. The molecule has 0 atom stereocenters. The number of rotatable bonds is 4. The summed E-state index contributed by atoms with van der Waals surface area (Å²) in [5, 5.41) is 3.27. The molecule has 0 aliphatic carbocycles. The molecule has 1 aliphatic heterocycles. The van der Waals surface area contributed by atoms with Gasteiger partial charge in [0.1, 0.15) is 5.82 Å². The molecule has 0 radical (unpaired) electrons. The van der Waals surface area contributed by atoms with Gasteiger partial charge in [0.2, 0.25) is 0 Å². The number of anilines is 1. The standard InChI is InChI=1S/C13H20N4O2/c1-17-5-3-10(4-6-17)7-15-12-9-14-11(8-16-12)13(18)19-2/h8-10H,3-7H2,1-2H3,(H,15,16). The molecule has 0 saturated carbocycles. The van der Waals surface area contributed by atoms with Crippen molar-refractivity contribution >= 4 is 11.8 Å². The van der Waals surface area contributed by atoms with E-state index in [4.69, 9.17) is 0 Å². The highest BCUT2D eigenvalue weighted by atomic mass is 16.5. The monoisotopic (exact) mass is 264 g/mol. The van der Waals surface area contributed by atoms with Crippen molar-refractivity contribution < 1.29 is 9.53 Å². The minimum atomic E-state index is -0.464. The molecule has 104 valence electrons. The number of piperidine rings is 1. The van der Waals surface area contributed by atoms with Crippen LogP contribution in [-0.4, -0.2) is 54.6 Å². The Morgan fingerprint density at radius 3 is 2.74 bits per heavy atom. The molecule has 0 unspecified atom stereocenters. The van der Waals surface area contributed by atoms with Crippen LogP contribution in [0.15, 0.2) is 12.4 Å². The molecule has 0 bridgehead atoms. The van der Waals surface area contributed by atoms with Crippen molar-refractivity contribution in [3.05, 3.63) is 18.1 Å². The van der Waals surface area contributed by atoms with Crippen LogP contribution in [0.25, 0.3) is 0 Å². The summed E-state index contributed by atoms with van der Waals surface area (Å²) in [6, 6.07) is 0. The van der Waals surface area contributed by atoms with Gasteiger partial charge in [0.15, 0.2) is 5.69 Å². The maximum absolute atomic E-state index is 11.2. The second kappa shape index (κ2) is 6.47. The third kappa shape index (κ3) is 3.89. The van der Waals surface area contributed by atoms with Gasteiger partial charge >= 0.3 is 5.97 Å². The first-order chi connectivity index (χ1) is 9.19. The fourth-order valence-electron chi connectivity index (χ4n) is 2.14. The molecule has 1 fully saturated rings. The minimum absolute atomic E-state index is 0.229. The van der Waals surface area contributed by atoms with Gasteiger partial charge in [-0.2, -0.15) is 0 Å². The Morgan fingerprint density at radius 1 is 1.42 bits per heavy atom. The van der Waals surface area contributed by atoms with Crippen LogP contribution in [0.3, 0.4) is 0 Å². The Morgan fingerprint density at radius 2 is 2.16 bits per heavy atom. The number of ether oxygens (including phenoxy) is 1. The molecule has 19 heavy (non-hydrogen) atoms. The van der Waals surface area contributed by atoms with Crippen LogP contribution in [0.4, 0.5) is 5.82 Å². The fraction of sp³-hybridized carbons (Fsp3) is 0.615. The molecule has 1 aromatic heterocycles. The van der Waals surface area contributed by atoms with Crippen molar-refractivity contribution in [1.29, 1.82) is 0 Å². The van der Waals surface area contributed by atoms with Crippen molar-refractivity contribution in [3.8, 4) is 0 Å². The van der Waals surface area contributed by atoms with Gasteiger partial charge in [0.05, 0.1) is 19.5 Å². The van der Waals surface area contributed by atoms with Gasteiger partial charge in [-0.25, -0.2) is 14.8 Å². The number of hydrogen-bond acceptors (Lipinski definition) is 6. The van der Waals surface area contributed by atoms with Gasteiger partial charge in [0.25, 0.3) is 0 Å². The van der Waals surface area contributed by atoms with Gasteiger partial charge in [0, 0.05) is 6.54 Å². The van der Waals surface area contributed by atoms with E-state index >= 15 is 0 Å². The lowest BCUT2D eigenvalue weighted by molar-refractivity contribution is 0.0593. The van der Waals surface area contributed by atoms with E-state index in [2.05, 4.69) is 32.0 Å². The summed E-state index contributed by atoms with van der Waals surface area (Å²) in [7, 11) is 3.48. The summed E-state index contributed by atoms with van der Waals surface area (Å²) < 4.78 is 4.57. The first-order valence-corrected chi connectivity index (χ1v) is 6.52. The first-order valence-electron chi connectivity index (χ1n) is 6.52. The molecule has 1 aromatic rings. The second-order valence-corrected chi connectivity index (χ2v) is 4.91. The SMILES string of the molecule is COC(=O)c1cnc(NCC2CCN(C)CC2)cn1. The number of likely N-dealkylation sites (tertiary alicyclic amines) is 1. The normalized spacial score (nSPS) is 17.2. The first kappa shape index (κ1) is 13.7. The maximum atomic E-state index is 11.2. The molecule has 1 N–H and O–H groups in total. The summed E-state index contributed by atoms with van der Waals surface area (Å²) in [5.41, 5.74) is 0.229. The predicted octanol–water partition coefficient (Wildman–Crippen LogP) is 1.02. The molecule has 6 nitrogen and oxygen atoms in total. The van der Waals surface area contributed by atoms with Crippen molar-refractivity contribution in [2.45, 2.75) is 12.8 Å². The number of carbonyl (C=O) groups excluding carboxylic acids is 1. The highest BCUT2D eigenvalue weighted by molar-refractivity contribution is 5.86. The molecule has 2 heterocycles. The van der Waals surface area contributed by atoms with Crippen LogP contribution < -0.4 is 5.32 Å². The van der Waals surface area contributed by atoms with Gasteiger partial charge in [-0.15, -0.1) is 0 Å². The Labute approximate surface area is 113 Å². The highest BCUT2D eigenvalue weighted by Gasteiger charge is 2.16. The Kier molecular flexibility index (Phi) is 4.68. The lowest BCUT2D eigenvalue weighted by atomic mass is 9.97. The zero-order valence-corrected chi connectivity index (χ0v) is 11.4. The summed E-state index contributed by atoms with van der Waals surface area (Å²) in [5.74, 6) is 0.916. The van der Waals surface area contributed by atoms with Gasteiger partial charge in [-0.1, -0.05) is 0 Å². The number of carbonyl (C=O) groups is 1. The Bertz CT molecular complexity index is 413. The van der Waals surface area contributed by atoms with Crippen molar-refractivity contribution in [2.24, 2.45) is 5.92 Å². The lowest BCUT2D eigenvalue weighted by Gasteiger charge is -2.29. The van der Waals surface area contributed by atoms with E-state index in [9.17, 15) is 4.79 Å². The summed E-state index contributed by atoms with van der Waals surface area (Å²) in [4.78, 5) is 21.7. The van der Waals surface area contributed by atoms with Crippen LogP contribution >= 0.6 is 0 Å². The number of hydrogen-bond donors (Lipinski definition) is 1. The van der Waals surface area contributed by atoms with E-state index in [0.717, 1.165) is 19.6 Å². The molecule has 0 amide bonds. The predicted molar refractivity (Wildman–Crippen MR) is 72.1 cm³/mol. The Balaban J connectivity index is 1.81. The smallest absolute Gasteiger partial charge is 0.358 e. The molecular formula is C13H20N4O2. The van der Waals surface area contributed by atoms with E-state index in [-0.39, 0.29) is 5.69 Å². The minimum Gasteiger partial charge on any atom is -0.464 e. The van der Waals surface area contributed by atoms with E-state index in [1.54, 1.807) is 6.20 Å². The average molecular weight is 264 g/mol. The molecule has 6 heteroatoms. The summed E-state index contributed by atoms with van der Waals surface area (Å²) in [6.45, 7) is 3.21. The largest absolute Gasteiger partial charge is 0.464 e. The number of aromatic nitrogens is 2. The van der Waals surface area contributed by atoms with Crippen LogP contribution in [0.1, 0.15) is 23.3 Å². The van der Waals surface area contributed by atoms with Crippen LogP contribution in [0.2, 0.25) is 0 Å². The van der Waals surface area contributed by atoms with Gasteiger partial charge in [-0.05, 0) is 38.9 Å².